The van der Waals surface area contributed by atoms with Gasteiger partial charge in [0.25, 0.3) is 11.8 Å². The number of aromatic nitrogens is 2. The Morgan fingerprint density at radius 1 is 1.06 bits per heavy atom. The Hall–Kier alpha value is -3.30. The number of carbonyl (C=O) groups excluding carboxylic acids is 3. The van der Waals surface area contributed by atoms with Crippen molar-refractivity contribution >= 4 is 52.0 Å². The van der Waals surface area contributed by atoms with Crippen LogP contribution in [0.15, 0.2) is 42.5 Å². The van der Waals surface area contributed by atoms with Gasteiger partial charge in [0.1, 0.15) is 0 Å². The molecule has 3 amide bonds. The predicted molar refractivity (Wildman–Crippen MR) is 132 cm³/mol. The Balaban J connectivity index is 1.38. The molecular formula is C24H24ClN5O3S. The molecular weight excluding hydrogens is 474 g/mol. The Bertz CT molecular complexity index is 1240. The lowest BCUT2D eigenvalue weighted by molar-refractivity contribution is -0.121. The van der Waals surface area contributed by atoms with Crippen LogP contribution < -0.4 is 10.6 Å². The van der Waals surface area contributed by atoms with Gasteiger partial charge in [-0.05, 0) is 56.5 Å². The molecule has 3 aromatic rings. The molecule has 34 heavy (non-hydrogen) atoms. The van der Waals surface area contributed by atoms with E-state index in [0.717, 1.165) is 28.2 Å². The fourth-order valence-electron chi connectivity index (χ4n) is 3.85. The largest absolute Gasteiger partial charge is 0.336 e. The van der Waals surface area contributed by atoms with E-state index < -0.39 is 5.91 Å². The quantitative estimate of drug-likeness (QED) is 0.538. The van der Waals surface area contributed by atoms with E-state index in [1.54, 1.807) is 29.2 Å². The zero-order valence-electron chi connectivity index (χ0n) is 18.8. The first-order chi connectivity index (χ1) is 16.3. The van der Waals surface area contributed by atoms with E-state index in [1.165, 1.54) is 0 Å². The highest BCUT2D eigenvalue weighted by Gasteiger charge is 2.31. The topological polar surface area (TPSA) is 104 Å². The number of likely N-dealkylation sites (tertiary alicyclic amines) is 1. The lowest BCUT2D eigenvalue weighted by Gasteiger charge is -2.31. The van der Waals surface area contributed by atoms with Crippen LogP contribution in [0.2, 0.25) is 5.02 Å². The van der Waals surface area contributed by atoms with Crippen molar-refractivity contribution in [2.75, 3.05) is 23.7 Å². The third-order valence-electron chi connectivity index (χ3n) is 5.60. The standard InChI is InChI=1S/C24H24ClN5O3S/c1-14-8-9-19(15(2)11-14)27-20(31)16-5-4-10-30(13-16)24(33)23-29-28-22(34-23)21(32)26-18-7-3-6-17(25)12-18/h3,6-9,11-12,16H,4-5,10,13H2,1-2H3,(H,26,32)(H,27,31). The first-order valence-electron chi connectivity index (χ1n) is 10.9. The monoisotopic (exact) mass is 497 g/mol. The maximum atomic E-state index is 13.0. The number of carbonyl (C=O) groups is 3. The molecule has 2 heterocycles. The van der Waals surface area contributed by atoms with Crippen LogP contribution in [0.4, 0.5) is 11.4 Å². The van der Waals surface area contributed by atoms with Crippen molar-refractivity contribution in [1.82, 2.24) is 15.1 Å². The van der Waals surface area contributed by atoms with E-state index >= 15 is 0 Å². The second-order valence-electron chi connectivity index (χ2n) is 8.27. The summed E-state index contributed by atoms with van der Waals surface area (Å²) in [6.07, 6.45) is 1.40. The normalized spacial score (nSPS) is 15.6. The highest BCUT2D eigenvalue weighted by molar-refractivity contribution is 7.15. The molecule has 2 N–H and O–H groups in total. The van der Waals surface area contributed by atoms with Crippen molar-refractivity contribution < 1.29 is 14.4 Å². The number of hydrogen-bond acceptors (Lipinski definition) is 6. The Kier molecular flexibility index (Phi) is 7.23. The number of anilines is 2. The highest BCUT2D eigenvalue weighted by atomic mass is 35.5. The van der Waals surface area contributed by atoms with Gasteiger partial charge in [0.05, 0.1) is 5.92 Å². The summed E-state index contributed by atoms with van der Waals surface area (Å²) in [4.78, 5) is 40.0. The number of piperidine rings is 1. The zero-order chi connectivity index (χ0) is 24.2. The first kappa shape index (κ1) is 23.8. The predicted octanol–water partition coefficient (Wildman–Crippen LogP) is 4.55. The molecule has 0 aliphatic carbocycles. The summed E-state index contributed by atoms with van der Waals surface area (Å²) >= 11 is 6.87. The van der Waals surface area contributed by atoms with Crippen LogP contribution in [0.25, 0.3) is 0 Å². The maximum Gasteiger partial charge on any atom is 0.286 e. The summed E-state index contributed by atoms with van der Waals surface area (Å²) in [6.45, 7) is 4.77. The van der Waals surface area contributed by atoms with Gasteiger partial charge in [-0.15, -0.1) is 10.2 Å². The number of rotatable bonds is 5. The van der Waals surface area contributed by atoms with Crippen molar-refractivity contribution in [3.05, 3.63) is 68.6 Å². The highest BCUT2D eigenvalue weighted by Crippen LogP contribution is 2.24. The molecule has 8 nitrogen and oxygen atoms in total. The molecule has 2 aromatic carbocycles. The second kappa shape index (κ2) is 10.3. The lowest BCUT2D eigenvalue weighted by atomic mass is 9.96. The van der Waals surface area contributed by atoms with Crippen LogP contribution in [0, 0.1) is 19.8 Å². The molecule has 0 radical (unpaired) electrons. The number of halogens is 1. The van der Waals surface area contributed by atoms with Crippen molar-refractivity contribution in [3.63, 3.8) is 0 Å². The zero-order valence-corrected chi connectivity index (χ0v) is 20.4. The van der Waals surface area contributed by atoms with Crippen LogP contribution in [-0.4, -0.2) is 45.9 Å². The molecule has 1 aromatic heterocycles. The minimum atomic E-state index is -0.469. The molecule has 1 saturated heterocycles. The second-order valence-corrected chi connectivity index (χ2v) is 9.69. The third-order valence-corrected chi connectivity index (χ3v) is 6.75. The van der Waals surface area contributed by atoms with Gasteiger partial charge in [-0.1, -0.05) is 46.7 Å². The summed E-state index contributed by atoms with van der Waals surface area (Å²) in [7, 11) is 0. The fourth-order valence-corrected chi connectivity index (χ4v) is 4.75. The summed E-state index contributed by atoms with van der Waals surface area (Å²) in [5.74, 6) is -1.23. The average molecular weight is 498 g/mol. The molecule has 0 bridgehead atoms. The number of aryl methyl sites for hydroxylation is 2. The van der Waals surface area contributed by atoms with E-state index in [2.05, 4.69) is 20.8 Å². The number of nitrogens with one attached hydrogen (secondary N) is 2. The number of amides is 3. The molecule has 0 saturated carbocycles. The molecule has 1 atom stereocenters. The van der Waals surface area contributed by atoms with Crippen LogP contribution in [0.5, 0.6) is 0 Å². The molecule has 0 spiro atoms. The number of benzene rings is 2. The van der Waals surface area contributed by atoms with E-state index in [1.807, 2.05) is 32.0 Å². The maximum absolute atomic E-state index is 13.0. The molecule has 10 heteroatoms. The first-order valence-corrected chi connectivity index (χ1v) is 12.1. The molecule has 176 valence electrons. The van der Waals surface area contributed by atoms with Gasteiger partial charge < -0.3 is 15.5 Å². The van der Waals surface area contributed by atoms with Crippen LogP contribution >= 0.6 is 22.9 Å². The lowest BCUT2D eigenvalue weighted by Crippen LogP contribution is -2.43. The van der Waals surface area contributed by atoms with Crippen LogP contribution in [-0.2, 0) is 4.79 Å². The van der Waals surface area contributed by atoms with Gasteiger partial charge in [0.2, 0.25) is 15.9 Å². The molecule has 1 aliphatic rings. The van der Waals surface area contributed by atoms with Crippen molar-refractivity contribution in [2.24, 2.45) is 5.92 Å². The SMILES string of the molecule is Cc1ccc(NC(=O)C2CCCN(C(=O)c3nnc(C(=O)Nc4cccc(Cl)c4)s3)C2)c(C)c1. The van der Waals surface area contributed by atoms with Gasteiger partial charge >= 0.3 is 0 Å². The van der Waals surface area contributed by atoms with E-state index in [-0.39, 0.29) is 27.7 Å². The number of nitrogens with zero attached hydrogens (tertiary/aromatic N) is 3. The van der Waals surface area contributed by atoms with Gasteiger partial charge in [-0.2, -0.15) is 0 Å². The van der Waals surface area contributed by atoms with Crippen molar-refractivity contribution in [3.8, 4) is 0 Å². The van der Waals surface area contributed by atoms with Gasteiger partial charge in [-0.25, -0.2) is 0 Å². The van der Waals surface area contributed by atoms with Crippen molar-refractivity contribution in [2.45, 2.75) is 26.7 Å². The molecule has 1 unspecified atom stereocenters. The van der Waals surface area contributed by atoms with E-state index in [4.69, 9.17) is 11.6 Å². The van der Waals surface area contributed by atoms with Gasteiger partial charge in [0, 0.05) is 29.5 Å². The third kappa shape index (κ3) is 5.60. The molecule has 1 aliphatic heterocycles. The summed E-state index contributed by atoms with van der Waals surface area (Å²) in [5, 5.41) is 14.2. The summed E-state index contributed by atoms with van der Waals surface area (Å²) in [6, 6.07) is 12.6. The summed E-state index contributed by atoms with van der Waals surface area (Å²) in [5.41, 5.74) is 3.42. The van der Waals surface area contributed by atoms with Gasteiger partial charge in [-0.3, -0.25) is 14.4 Å². The Morgan fingerprint density at radius 3 is 2.62 bits per heavy atom. The van der Waals surface area contributed by atoms with E-state index in [9.17, 15) is 14.4 Å². The molecule has 1 fully saturated rings. The van der Waals surface area contributed by atoms with Crippen LogP contribution in [0.3, 0.4) is 0 Å². The minimum Gasteiger partial charge on any atom is -0.336 e. The van der Waals surface area contributed by atoms with E-state index in [0.29, 0.717) is 36.6 Å². The molecule has 4 rings (SSSR count). The Labute approximate surface area is 206 Å². The number of hydrogen-bond donors (Lipinski definition) is 2. The smallest absolute Gasteiger partial charge is 0.286 e. The minimum absolute atomic E-state index is 0.0736. The van der Waals surface area contributed by atoms with Gasteiger partial charge in [0.15, 0.2) is 0 Å². The fraction of sp³-hybridized carbons (Fsp3) is 0.292. The summed E-state index contributed by atoms with van der Waals surface area (Å²) < 4.78 is 0. The Morgan fingerprint density at radius 2 is 1.85 bits per heavy atom. The average Bonchev–Trinajstić information content (AvgIpc) is 3.31. The van der Waals surface area contributed by atoms with Crippen LogP contribution in [0.1, 0.15) is 43.6 Å². The van der Waals surface area contributed by atoms with Crippen molar-refractivity contribution in [1.29, 1.82) is 0 Å².